The molecular weight excluding hydrogens is 250 g/mol. The number of nitrogen functional groups attached to an aromatic ring is 1. The van der Waals surface area contributed by atoms with Crippen LogP contribution in [0.2, 0.25) is 0 Å². The Morgan fingerprint density at radius 3 is 2.60 bits per heavy atom. The fraction of sp³-hybridized carbons (Fsp3) is 0.312. The van der Waals surface area contributed by atoms with E-state index < -0.39 is 0 Å². The van der Waals surface area contributed by atoms with E-state index in [1.165, 1.54) is 5.56 Å². The van der Waals surface area contributed by atoms with E-state index in [0.717, 1.165) is 25.2 Å². The second-order valence-electron chi connectivity index (χ2n) is 4.78. The van der Waals surface area contributed by atoms with Crippen molar-refractivity contribution in [3.8, 4) is 5.88 Å². The molecule has 1 aromatic carbocycles. The maximum atomic E-state index is 5.77. The van der Waals surface area contributed by atoms with Crippen LogP contribution in [0.1, 0.15) is 12.0 Å². The first-order valence-electron chi connectivity index (χ1n) is 6.76. The maximum Gasteiger partial charge on any atom is 0.238 e. The summed E-state index contributed by atoms with van der Waals surface area (Å²) >= 11 is 0. The fourth-order valence-electron chi connectivity index (χ4n) is 2.10. The van der Waals surface area contributed by atoms with Gasteiger partial charge in [-0.25, -0.2) is 0 Å². The molecule has 0 aliphatic rings. The molecule has 0 amide bonds. The van der Waals surface area contributed by atoms with Crippen LogP contribution in [0.3, 0.4) is 0 Å². The number of aryl methyl sites for hydroxylation is 1. The molecule has 0 bridgehead atoms. The number of aromatic nitrogens is 1. The third-order valence-corrected chi connectivity index (χ3v) is 3.26. The number of methoxy groups -OCH3 is 1. The molecule has 2 N–H and O–H groups in total. The fourth-order valence-corrected chi connectivity index (χ4v) is 2.10. The SMILES string of the molecule is COc1nc(N(C)CCCc2ccccc2)ccc1N. The highest BCUT2D eigenvalue weighted by Gasteiger charge is 2.07. The van der Waals surface area contributed by atoms with Crippen LogP contribution in [0.25, 0.3) is 0 Å². The van der Waals surface area contributed by atoms with Crippen LogP contribution in [0, 0.1) is 0 Å². The van der Waals surface area contributed by atoms with Crippen molar-refractivity contribution in [1.29, 1.82) is 0 Å². The third kappa shape index (κ3) is 3.63. The standard InChI is InChI=1S/C16H21N3O/c1-19(12-6-9-13-7-4-3-5-8-13)15-11-10-14(17)16(18-15)20-2/h3-5,7-8,10-11H,6,9,12,17H2,1-2H3. The summed E-state index contributed by atoms with van der Waals surface area (Å²) in [5.74, 6) is 1.36. The highest BCUT2D eigenvalue weighted by atomic mass is 16.5. The summed E-state index contributed by atoms with van der Waals surface area (Å²) in [5.41, 5.74) is 7.70. The quantitative estimate of drug-likeness (QED) is 0.877. The first kappa shape index (κ1) is 14.2. The molecule has 0 aliphatic carbocycles. The van der Waals surface area contributed by atoms with Gasteiger partial charge < -0.3 is 15.4 Å². The zero-order valence-corrected chi connectivity index (χ0v) is 12.0. The molecule has 0 aliphatic heterocycles. The van der Waals surface area contributed by atoms with Crippen LogP contribution < -0.4 is 15.4 Å². The lowest BCUT2D eigenvalue weighted by atomic mass is 10.1. The van der Waals surface area contributed by atoms with Crippen molar-refractivity contribution in [2.24, 2.45) is 0 Å². The van der Waals surface area contributed by atoms with E-state index in [0.29, 0.717) is 11.6 Å². The zero-order valence-electron chi connectivity index (χ0n) is 12.0. The molecule has 2 aromatic rings. The van der Waals surface area contributed by atoms with Gasteiger partial charge in [-0.05, 0) is 30.5 Å². The molecule has 1 heterocycles. The number of pyridine rings is 1. The molecule has 4 heteroatoms. The molecule has 0 unspecified atom stereocenters. The van der Waals surface area contributed by atoms with Crippen molar-refractivity contribution in [3.05, 3.63) is 48.0 Å². The van der Waals surface area contributed by atoms with Gasteiger partial charge in [0.25, 0.3) is 0 Å². The Morgan fingerprint density at radius 2 is 1.90 bits per heavy atom. The average Bonchev–Trinajstić information content (AvgIpc) is 2.48. The van der Waals surface area contributed by atoms with Crippen molar-refractivity contribution < 1.29 is 4.74 Å². The molecule has 0 atom stereocenters. The largest absolute Gasteiger partial charge is 0.479 e. The number of rotatable bonds is 6. The van der Waals surface area contributed by atoms with Crippen molar-refractivity contribution in [2.45, 2.75) is 12.8 Å². The molecule has 0 fully saturated rings. The lowest BCUT2D eigenvalue weighted by Gasteiger charge is -2.19. The first-order valence-corrected chi connectivity index (χ1v) is 6.76. The van der Waals surface area contributed by atoms with Gasteiger partial charge in [0.2, 0.25) is 5.88 Å². The summed E-state index contributed by atoms with van der Waals surface area (Å²) < 4.78 is 5.15. The first-order chi connectivity index (χ1) is 9.70. The summed E-state index contributed by atoms with van der Waals surface area (Å²) in [6.45, 7) is 0.939. The Hall–Kier alpha value is -2.23. The van der Waals surface area contributed by atoms with Crippen molar-refractivity contribution in [1.82, 2.24) is 4.98 Å². The predicted octanol–water partition coefficient (Wildman–Crippen LogP) is 2.74. The van der Waals surface area contributed by atoms with Crippen molar-refractivity contribution >= 4 is 11.5 Å². The van der Waals surface area contributed by atoms with E-state index in [-0.39, 0.29) is 0 Å². The van der Waals surface area contributed by atoms with Crippen LogP contribution in [0.5, 0.6) is 5.88 Å². The number of hydrogen-bond donors (Lipinski definition) is 1. The Balaban J connectivity index is 1.90. The third-order valence-electron chi connectivity index (χ3n) is 3.26. The molecule has 0 radical (unpaired) electrons. The van der Waals surface area contributed by atoms with Gasteiger partial charge in [-0.15, -0.1) is 0 Å². The monoisotopic (exact) mass is 271 g/mol. The van der Waals surface area contributed by atoms with Crippen LogP contribution in [0.15, 0.2) is 42.5 Å². The minimum atomic E-state index is 0.484. The Bertz CT molecular complexity index is 543. The molecule has 4 nitrogen and oxygen atoms in total. The zero-order chi connectivity index (χ0) is 14.4. The Labute approximate surface area is 120 Å². The normalized spacial score (nSPS) is 10.3. The van der Waals surface area contributed by atoms with Gasteiger partial charge in [0.1, 0.15) is 5.82 Å². The van der Waals surface area contributed by atoms with E-state index in [4.69, 9.17) is 10.5 Å². The van der Waals surface area contributed by atoms with Crippen LogP contribution in [-0.2, 0) is 6.42 Å². The Morgan fingerprint density at radius 1 is 1.15 bits per heavy atom. The summed E-state index contributed by atoms with van der Waals surface area (Å²) in [7, 11) is 3.61. The summed E-state index contributed by atoms with van der Waals surface area (Å²) in [6.07, 6.45) is 2.15. The van der Waals surface area contributed by atoms with Crippen molar-refractivity contribution in [2.75, 3.05) is 31.3 Å². The highest BCUT2D eigenvalue weighted by Crippen LogP contribution is 2.22. The topological polar surface area (TPSA) is 51.4 Å². The molecule has 106 valence electrons. The average molecular weight is 271 g/mol. The van der Waals surface area contributed by atoms with Gasteiger partial charge in [0.05, 0.1) is 12.8 Å². The maximum absolute atomic E-state index is 5.77. The van der Waals surface area contributed by atoms with E-state index in [1.54, 1.807) is 7.11 Å². The van der Waals surface area contributed by atoms with Gasteiger partial charge >= 0.3 is 0 Å². The van der Waals surface area contributed by atoms with Gasteiger partial charge in [-0.2, -0.15) is 4.98 Å². The van der Waals surface area contributed by atoms with Gasteiger partial charge in [-0.1, -0.05) is 30.3 Å². The molecule has 1 aromatic heterocycles. The number of ether oxygens (including phenoxy) is 1. The van der Waals surface area contributed by atoms with Crippen LogP contribution in [0.4, 0.5) is 11.5 Å². The molecule has 0 spiro atoms. The molecule has 0 saturated heterocycles. The molecular formula is C16H21N3O. The summed E-state index contributed by atoms with van der Waals surface area (Å²) in [5, 5.41) is 0. The van der Waals surface area contributed by atoms with E-state index in [2.05, 4.69) is 34.1 Å². The van der Waals surface area contributed by atoms with E-state index >= 15 is 0 Å². The van der Waals surface area contributed by atoms with Crippen LogP contribution in [-0.4, -0.2) is 25.7 Å². The van der Waals surface area contributed by atoms with E-state index in [1.807, 2.05) is 25.2 Å². The van der Waals surface area contributed by atoms with Gasteiger partial charge in [0, 0.05) is 13.6 Å². The minimum Gasteiger partial charge on any atom is -0.479 e. The molecule has 20 heavy (non-hydrogen) atoms. The number of nitrogens with zero attached hydrogens (tertiary/aromatic N) is 2. The van der Waals surface area contributed by atoms with Crippen LogP contribution >= 0.6 is 0 Å². The molecule has 2 rings (SSSR count). The van der Waals surface area contributed by atoms with Crippen molar-refractivity contribution in [3.63, 3.8) is 0 Å². The lowest BCUT2D eigenvalue weighted by molar-refractivity contribution is 0.400. The molecule has 0 saturated carbocycles. The predicted molar refractivity (Wildman–Crippen MR) is 83.2 cm³/mol. The Kier molecular flexibility index (Phi) is 4.82. The second-order valence-corrected chi connectivity index (χ2v) is 4.78. The second kappa shape index (κ2) is 6.80. The number of benzene rings is 1. The lowest BCUT2D eigenvalue weighted by Crippen LogP contribution is -2.20. The smallest absolute Gasteiger partial charge is 0.238 e. The summed E-state index contributed by atoms with van der Waals surface area (Å²) in [6, 6.07) is 14.3. The number of anilines is 2. The van der Waals surface area contributed by atoms with Gasteiger partial charge in [-0.3, -0.25) is 0 Å². The van der Waals surface area contributed by atoms with Gasteiger partial charge in [0.15, 0.2) is 0 Å². The minimum absolute atomic E-state index is 0.484. The number of nitrogens with two attached hydrogens (primary N) is 1. The number of hydrogen-bond acceptors (Lipinski definition) is 4. The van der Waals surface area contributed by atoms with E-state index in [9.17, 15) is 0 Å². The summed E-state index contributed by atoms with van der Waals surface area (Å²) in [4.78, 5) is 6.51. The highest BCUT2D eigenvalue weighted by molar-refractivity contribution is 5.54.